The van der Waals surface area contributed by atoms with Gasteiger partial charge in [0.1, 0.15) is 23.2 Å². The van der Waals surface area contributed by atoms with E-state index in [9.17, 15) is 9.18 Å². The molecule has 0 aliphatic carbocycles. The molecule has 38 heavy (non-hydrogen) atoms. The van der Waals surface area contributed by atoms with Crippen molar-refractivity contribution in [1.29, 1.82) is 0 Å². The second-order valence-electron chi connectivity index (χ2n) is 9.47. The topological polar surface area (TPSA) is 102 Å². The van der Waals surface area contributed by atoms with Crippen LogP contribution in [0, 0.1) is 12.7 Å². The number of amides is 1. The van der Waals surface area contributed by atoms with E-state index in [4.69, 9.17) is 16.5 Å². The number of benzene rings is 3. The minimum absolute atomic E-state index is 0. The van der Waals surface area contributed by atoms with Crippen molar-refractivity contribution in [2.75, 3.05) is 11.9 Å². The minimum Gasteiger partial charge on any atom is -0.340 e. The van der Waals surface area contributed by atoms with Gasteiger partial charge in [0.25, 0.3) is 0 Å². The summed E-state index contributed by atoms with van der Waals surface area (Å²) in [7, 11) is 0. The molecule has 3 aromatic carbocycles. The average molecular weight is 533 g/mol. The predicted octanol–water partition coefficient (Wildman–Crippen LogP) is 4.22. The average Bonchev–Trinajstić information content (AvgIpc) is 3.27. The summed E-state index contributed by atoms with van der Waals surface area (Å²) < 4.78 is 15.7. The maximum Gasteiger partial charge on any atom is 0.240 e. The zero-order chi connectivity index (χ0) is 25.9. The highest BCUT2D eigenvalue weighted by molar-refractivity contribution is 7.59. The van der Waals surface area contributed by atoms with Crippen LogP contribution in [0.15, 0.2) is 72.8 Å². The van der Waals surface area contributed by atoms with Crippen LogP contribution in [-0.2, 0) is 30.8 Å². The summed E-state index contributed by atoms with van der Waals surface area (Å²) in [6, 6.07) is 21.6. The molecule has 1 aromatic heterocycles. The molecule has 5 rings (SSSR count). The zero-order valence-electron chi connectivity index (χ0n) is 21.3. The lowest BCUT2D eigenvalue weighted by molar-refractivity contribution is -0.134. The third-order valence-electron chi connectivity index (χ3n) is 6.75. The van der Waals surface area contributed by atoms with Gasteiger partial charge in [-0.1, -0.05) is 42.0 Å². The molecule has 1 aliphatic heterocycles. The van der Waals surface area contributed by atoms with Gasteiger partial charge >= 0.3 is 0 Å². The van der Waals surface area contributed by atoms with E-state index in [0.29, 0.717) is 38.3 Å². The number of nitrogens with two attached hydrogens (primary N) is 2. The maximum absolute atomic E-state index is 13.6. The Morgan fingerprint density at radius 2 is 1.66 bits per heavy atom. The largest absolute Gasteiger partial charge is 0.340 e. The number of carbonyl (C=O) groups excluding carboxylic acids is 1. The fourth-order valence-corrected chi connectivity index (χ4v) is 4.62. The monoisotopic (exact) mass is 532 g/mol. The second-order valence-corrected chi connectivity index (χ2v) is 9.47. The van der Waals surface area contributed by atoms with E-state index in [1.165, 1.54) is 17.7 Å². The molecule has 4 aromatic rings. The number of rotatable bonds is 7. The number of imidazole rings is 1. The van der Waals surface area contributed by atoms with Gasteiger partial charge in [0.15, 0.2) is 0 Å². The number of nitrogens with zero attached hydrogens (tertiary/aromatic N) is 3. The number of fused-ring (bicyclic) bond motifs is 1. The maximum atomic E-state index is 13.6. The number of anilines is 2. The quantitative estimate of drug-likeness (QED) is 0.331. The molecule has 0 fully saturated rings. The molecule has 0 radical (unpaired) electrons. The van der Waals surface area contributed by atoms with Crippen molar-refractivity contribution in [1.82, 2.24) is 14.5 Å². The van der Waals surface area contributed by atoms with Gasteiger partial charge in [-0.3, -0.25) is 4.79 Å². The van der Waals surface area contributed by atoms with Gasteiger partial charge in [0, 0.05) is 30.9 Å². The zero-order valence-corrected chi connectivity index (χ0v) is 22.3. The Kier molecular flexibility index (Phi) is 8.51. The molecule has 2 heterocycles. The van der Waals surface area contributed by atoms with E-state index in [2.05, 4.69) is 9.88 Å². The Hall–Kier alpha value is -3.66. The molecule has 0 saturated carbocycles. The highest BCUT2D eigenvalue weighted by atomic mass is 32.1. The van der Waals surface area contributed by atoms with Gasteiger partial charge in [-0.25, -0.2) is 9.37 Å². The van der Waals surface area contributed by atoms with Crippen molar-refractivity contribution in [2.24, 2.45) is 11.5 Å². The molecule has 0 spiro atoms. The summed E-state index contributed by atoms with van der Waals surface area (Å²) in [4.78, 5) is 19.9. The number of aromatic nitrogens is 2. The summed E-state index contributed by atoms with van der Waals surface area (Å²) in [5.74, 6) is 1.17. The molecular weight excluding hydrogens is 499 g/mol. The van der Waals surface area contributed by atoms with Crippen LogP contribution >= 0.6 is 13.5 Å². The molecule has 198 valence electrons. The van der Waals surface area contributed by atoms with Crippen LogP contribution < -0.4 is 16.8 Å². The first-order valence-electron chi connectivity index (χ1n) is 12.4. The molecule has 1 aliphatic rings. The van der Waals surface area contributed by atoms with Crippen molar-refractivity contribution in [3.63, 3.8) is 0 Å². The van der Waals surface area contributed by atoms with Crippen LogP contribution in [0.1, 0.15) is 22.5 Å². The molecule has 0 unspecified atom stereocenters. The molecule has 5 N–H and O–H groups in total. The highest BCUT2D eigenvalue weighted by Gasteiger charge is 2.29. The second kappa shape index (κ2) is 11.8. The highest BCUT2D eigenvalue weighted by Crippen LogP contribution is 2.33. The molecule has 0 bridgehead atoms. The van der Waals surface area contributed by atoms with E-state index in [1.807, 2.05) is 55.5 Å². The summed E-state index contributed by atoms with van der Waals surface area (Å²) in [6.07, 6.45) is 0.454. The third-order valence-corrected chi connectivity index (χ3v) is 6.75. The number of hydrogen-bond acceptors (Lipinski definition) is 5. The summed E-state index contributed by atoms with van der Waals surface area (Å²) in [5.41, 5.74) is 17.7. The number of aryl methyl sites for hydroxylation is 1. The normalized spacial score (nSPS) is 13.4. The van der Waals surface area contributed by atoms with E-state index >= 15 is 0 Å². The van der Waals surface area contributed by atoms with Gasteiger partial charge in [0.2, 0.25) is 5.91 Å². The molecule has 7 nitrogen and oxygen atoms in total. The van der Waals surface area contributed by atoms with Crippen molar-refractivity contribution < 1.29 is 9.18 Å². The number of halogens is 1. The van der Waals surface area contributed by atoms with Crippen molar-refractivity contribution in [3.05, 3.63) is 101 Å². The Bertz CT molecular complexity index is 1390. The fourth-order valence-electron chi connectivity index (χ4n) is 4.62. The summed E-state index contributed by atoms with van der Waals surface area (Å²) >= 11 is 0. The predicted molar refractivity (Wildman–Crippen MR) is 154 cm³/mol. The SMILES string of the molecule is Cc1ccc(Nc2c(-c3ccc(F)cc3)nc3n2CCN(C(=O)[C@@H](N)Cc2ccc(CN)cc2)C3)cc1.S. The Morgan fingerprint density at radius 1 is 1.00 bits per heavy atom. The lowest BCUT2D eigenvalue weighted by Gasteiger charge is -2.30. The van der Waals surface area contributed by atoms with E-state index in [1.54, 1.807) is 17.0 Å². The third kappa shape index (κ3) is 5.91. The molecule has 9 heteroatoms. The van der Waals surface area contributed by atoms with E-state index < -0.39 is 6.04 Å². The first kappa shape index (κ1) is 27.4. The number of hydrogen-bond donors (Lipinski definition) is 3. The van der Waals surface area contributed by atoms with Crippen LogP contribution in [0.25, 0.3) is 11.3 Å². The smallest absolute Gasteiger partial charge is 0.240 e. The minimum atomic E-state index is -0.646. The van der Waals surface area contributed by atoms with Crippen LogP contribution in [-0.4, -0.2) is 32.9 Å². The van der Waals surface area contributed by atoms with E-state index in [-0.39, 0.29) is 25.2 Å². The molecular formula is C29H33FN6OS. The molecule has 0 saturated heterocycles. The van der Waals surface area contributed by atoms with Gasteiger partial charge in [0.05, 0.1) is 12.6 Å². The van der Waals surface area contributed by atoms with Crippen molar-refractivity contribution >= 4 is 30.9 Å². The Labute approximate surface area is 229 Å². The van der Waals surface area contributed by atoms with Crippen molar-refractivity contribution in [2.45, 2.75) is 39.0 Å². The molecule has 1 atom stereocenters. The Morgan fingerprint density at radius 3 is 2.32 bits per heavy atom. The van der Waals surface area contributed by atoms with Crippen LogP contribution in [0.5, 0.6) is 0 Å². The summed E-state index contributed by atoms with van der Waals surface area (Å²) in [5, 5.41) is 3.50. The number of carbonyl (C=O) groups is 1. The lowest BCUT2D eigenvalue weighted by Crippen LogP contribution is -2.47. The van der Waals surface area contributed by atoms with E-state index in [0.717, 1.165) is 34.0 Å². The van der Waals surface area contributed by atoms with Gasteiger partial charge in [-0.2, -0.15) is 13.5 Å². The fraction of sp³-hybridized carbons (Fsp3) is 0.241. The first-order chi connectivity index (χ1) is 17.9. The van der Waals surface area contributed by atoms with Gasteiger partial charge in [-0.05, 0) is 60.9 Å². The van der Waals surface area contributed by atoms with Gasteiger partial charge < -0.3 is 26.3 Å². The van der Waals surface area contributed by atoms with Crippen LogP contribution in [0.4, 0.5) is 15.9 Å². The van der Waals surface area contributed by atoms with Crippen LogP contribution in [0.3, 0.4) is 0 Å². The van der Waals surface area contributed by atoms with Gasteiger partial charge in [-0.15, -0.1) is 0 Å². The molecule has 1 amide bonds. The Balaban J connectivity index is 0.00000336. The standard InChI is InChI=1S/C29H31FN6O.H2S/c1-19-2-12-24(13-3-19)33-28-27(22-8-10-23(30)11-9-22)34-26-18-35(14-15-36(26)28)29(37)25(32)16-20-4-6-21(17-31)7-5-20;/h2-13,25,33H,14-18,31-32H2,1H3;1H2/t25-;/m0./s1. The number of nitrogens with one attached hydrogen (secondary N) is 1. The first-order valence-corrected chi connectivity index (χ1v) is 12.4. The van der Waals surface area contributed by atoms with Crippen LogP contribution in [0.2, 0.25) is 0 Å². The van der Waals surface area contributed by atoms with Crippen molar-refractivity contribution in [3.8, 4) is 11.3 Å². The summed E-state index contributed by atoms with van der Waals surface area (Å²) in [6.45, 7) is 3.96. The lowest BCUT2D eigenvalue weighted by atomic mass is 10.0.